The highest BCUT2D eigenvalue weighted by Gasteiger charge is 2.18. The predicted molar refractivity (Wildman–Crippen MR) is 156 cm³/mol. The van der Waals surface area contributed by atoms with Crippen LogP contribution in [0.1, 0.15) is 47.6 Å². The molecular formula is C33H33N3O4. The van der Waals surface area contributed by atoms with Crippen LogP contribution in [0.2, 0.25) is 0 Å². The fourth-order valence-electron chi connectivity index (χ4n) is 4.75. The van der Waals surface area contributed by atoms with Gasteiger partial charge in [0.1, 0.15) is 11.3 Å². The molecule has 0 atom stereocenters. The van der Waals surface area contributed by atoms with Crippen molar-refractivity contribution in [3.05, 3.63) is 102 Å². The summed E-state index contributed by atoms with van der Waals surface area (Å²) in [6, 6.07) is 21.2. The van der Waals surface area contributed by atoms with Gasteiger partial charge in [-0.05, 0) is 62.6 Å². The summed E-state index contributed by atoms with van der Waals surface area (Å²) >= 11 is 0. The summed E-state index contributed by atoms with van der Waals surface area (Å²) in [7, 11) is 0. The highest BCUT2D eigenvalue weighted by molar-refractivity contribution is 6.00. The highest BCUT2D eigenvalue weighted by Crippen LogP contribution is 2.30. The second kappa shape index (κ2) is 11.6. The molecule has 0 fully saturated rings. The summed E-state index contributed by atoms with van der Waals surface area (Å²) in [6.45, 7) is 8.83. The predicted octanol–water partition coefficient (Wildman–Crippen LogP) is 7.19. The molecule has 0 aliphatic carbocycles. The molecule has 0 saturated heterocycles. The van der Waals surface area contributed by atoms with Crippen LogP contribution < -0.4 is 0 Å². The van der Waals surface area contributed by atoms with Crippen LogP contribution in [0, 0.1) is 19.8 Å². The van der Waals surface area contributed by atoms with Gasteiger partial charge in [0.15, 0.2) is 12.4 Å². The molecule has 7 heteroatoms. The number of aryl methyl sites for hydroxylation is 1. The zero-order valence-corrected chi connectivity index (χ0v) is 23.3. The lowest BCUT2D eigenvalue weighted by Crippen LogP contribution is -2.14. The Bertz CT molecular complexity index is 1650. The van der Waals surface area contributed by atoms with Crippen molar-refractivity contribution in [3.8, 4) is 17.1 Å². The first-order valence-electron chi connectivity index (χ1n) is 13.5. The number of para-hydroxylation sites is 2. The Kier molecular flexibility index (Phi) is 7.82. The van der Waals surface area contributed by atoms with Crippen LogP contribution in [0.15, 0.2) is 83.4 Å². The fraction of sp³-hybridized carbons (Fsp3) is 0.242. The lowest BCUT2D eigenvalue weighted by molar-refractivity contribution is -0.136. The normalized spacial score (nSPS) is 11.6. The molecule has 0 spiro atoms. The van der Waals surface area contributed by atoms with Crippen LogP contribution in [0.5, 0.6) is 0 Å². The number of rotatable bonds is 10. The average molecular weight is 536 g/mol. The summed E-state index contributed by atoms with van der Waals surface area (Å²) in [4.78, 5) is 25.5. The van der Waals surface area contributed by atoms with Crippen molar-refractivity contribution in [2.24, 2.45) is 5.92 Å². The Morgan fingerprint density at radius 3 is 2.52 bits per heavy atom. The molecule has 5 aromatic rings. The van der Waals surface area contributed by atoms with Gasteiger partial charge in [-0.2, -0.15) is 5.10 Å². The Labute approximate surface area is 233 Å². The maximum Gasteiger partial charge on any atom is 0.331 e. The topological polar surface area (TPSA) is 79.3 Å². The van der Waals surface area contributed by atoms with Crippen molar-refractivity contribution in [1.29, 1.82) is 0 Å². The molecule has 7 nitrogen and oxygen atoms in total. The summed E-state index contributed by atoms with van der Waals surface area (Å²) in [6.07, 6.45) is 5.82. The van der Waals surface area contributed by atoms with Crippen molar-refractivity contribution in [3.63, 3.8) is 0 Å². The minimum atomic E-state index is -0.606. The first-order chi connectivity index (χ1) is 19.3. The van der Waals surface area contributed by atoms with E-state index < -0.39 is 5.97 Å². The van der Waals surface area contributed by atoms with E-state index in [4.69, 9.17) is 14.3 Å². The van der Waals surface area contributed by atoms with E-state index in [0.29, 0.717) is 28.5 Å². The van der Waals surface area contributed by atoms with Gasteiger partial charge in [-0.3, -0.25) is 4.79 Å². The summed E-state index contributed by atoms with van der Waals surface area (Å²) in [5.41, 5.74) is 5.42. The third kappa shape index (κ3) is 5.83. The SMILES string of the molecule is Cc1cc(C(=O)COC(=O)/C=C/c2cn(-c3ccccc3)nc2-c2cc3ccccc3o2)c(C)n1CCC(C)C. The first kappa shape index (κ1) is 26.9. The third-order valence-electron chi connectivity index (χ3n) is 6.97. The van der Waals surface area contributed by atoms with E-state index >= 15 is 0 Å². The van der Waals surface area contributed by atoms with Crippen molar-refractivity contribution in [1.82, 2.24) is 14.3 Å². The standard InChI is InChI=1S/C33H33N3O4/c1-22(2)16-17-35-23(3)18-28(24(35)4)29(37)21-39-32(38)15-14-26-20-36(27-11-6-5-7-12-27)34-33(26)31-19-25-10-8-9-13-30(25)40-31/h5-15,18-20,22H,16-17,21H2,1-4H3/b15-14+. The fourth-order valence-corrected chi connectivity index (χ4v) is 4.75. The van der Waals surface area contributed by atoms with Gasteiger partial charge in [0.05, 0.1) is 5.69 Å². The maximum absolute atomic E-state index is 12.9. The number of Topliss-reactive ketones (excluding diaryl/α,β-unsaturated/α-hetero) is 1. The minimum Gasteiger partial charge on any atom is -0.454 e. The van der Waals surface area contributed by atoms with Crippen LogP contribution in [0.3, 0.4) is 0 Å². The Morgan fingerprint density at radius 2 is 1.77 bits per heavy atom. The number of hydrogen-bond acceptors (Lipinski definition) is 5. The van der Waals surface area contributed by atoms with E-state index in [1.165, 1.54) is 6.08 Å². The van der Waals surface area contributed by atoms with E-state index in [-0.39, 0.29) is 12.4 Å². The van der Waals surface area contributed by atoms with Crippen LogP contribution in [0.25, 0.3) is 34.2 Å². The molecule has 0 amide bonds. The molecule has 0 radical (unpaired) electrons. The monoisotopic (exact) mass is 535 g/mol. The van der Waals surface area contributed by atoms with Gasteiger partial charge in [-0.1, -0.05) is 50.2 Å². The third-order valence-corrected chi connectivity index (χ3v) is 6.97. The molecule has 3 aromatic heterocycles. The van der Waals surface area contributed by atoms with Crippen molar-refractivity contribution in [2.75, 3.05) is 6.61 Å². The molecule has 0 aliphatic rings. The van der Waals surface area contributed by atoms with Gasteiger partial charge in [0, 0.05) is 46.7 Å². The molecule has 0 bridgehead atoms. The van der Waals surface area contributed by atoms with Crippen LogP contribution in [0.4, 0.5) is 0 Å². The molecule has 40 heavy (non-hydrogen) atoms. The van der Waals surface area contributed by atoms with Gasteiger partial charge >= 0.3 is 5.97 Å². The molecule has 0 N–H and O–H groups in total. The molecule has 2 aromatic carbocycles. The molecule has 5 rings (SSSR count). The van der Waals surface area contributed by atoms with Gasteiger partial charge < -0.3 is 13.7 Å². The Balaban J connectivity index is 1.33. The molecule has 0 aliphatic heterocycles. The second-order valence-corrected chi connectivity index (χ2v) is 10.3. The van der Waals surface area contributed by atoms with Crippen LogP contribution in [-0.4, -0.2) is 32.7 Å². The molecule has 0 unspecified atom stereocenters. The summed E-state index contributed by atoms with van der Waals surface area (Å²) in [5, 5.41) is 5.71. The van der Waals surface area contributed by atoms with E-state index in [9.17, 15) is 9.59 Å². The van der Waals surface area contributed by atoms with Crippen LogP contribution in [-0.2, 0) is 16.1 Å². The van der Waals surface area contributed by atoms with E-state index in [0.717, 1.165) is 41.0 Å². The quantitative estimate of drug-likeness (QED) is 0.107. The molecule has 3 heterocycles. The average Bonchev–Trinajstić information content (AvgIpc) is 3.65. The maximum atomic E-state index is 12.9. The number of nitrogens with zero attached hydrogens (tertiary/aromatic N) is 3. The first-order valence-corrected chi connectivity index (χ1v) is 13.5. The summed E-state index contributed by atoms with van der Waals surface area (Å²) < 4.78 is 15.3. The number of esters is 1. The van der Waals surface area contributed by atoms with Gasteiger partial charge in [-0.15, -0.1) is 0 Å². The number of hydrogen-bond donors (Lipinski definition) is 0. The molecule has 204 valence electrons. The van der Waals surface area contributed by atoms with Gasteiger partial charge in [0.2, 0.25) is 5.78 Å². The number of furan rings is 1. The number of carbonyl (C=O) groups is 2. The summed E-state index contributed by atoms with van der Waals surface area (Å²) in [5.74, 6) is 0.336. The zero-order chi connectivity index (χ0) is 28.2. The Hall–Kier alpha value is -4.65. The lowest BCUT2D eigenvalue weighted by atomic mass is 10.1. The number of benzene rings is 2. The molecular weight excluding hydrogens is 502 g/mol. The van der Waals surface area contributed by atoms with Crippen molar-refractivity contribution < 1.29 is 18.7 Å². The zero-order valence-electron chi connectivity index (χ0n) is 23.3. The van der Waals surface area contributed by atoms with E-state index in [1.54, 1.807) is 10.8 Å². The number of fused-ring (bicyclic) bond motifs is 1. The van der Waals surface area contributed by atoms with E-state index in [2.05, 4.69) is 18.4 Å². The number of ether oxygens (including phenoxy) is 1. The van der Waals surface area contributed by atoms with Crippen molar-refractivity contribution >= 4 is 28.8 Å². The number of ketones is 1. The second-order valence-electron chi connectivity index (χ2n) is 10.3. The Morgan fingerprint density at radius 1 is 1.02 bits per heavy atom. The number of aromatic nitrogens is 3. The van der Waals surface area contributed by atoms with E-state index in [1.807, 2.05) is 86.8 Å². The number of carbonyl (C=O) groups excluding carboxylic acids is 2. The molecule has 0 saturated carbocycles. The minimum absolute atomic E-state index is 0.217. The highest BCUT2D eigenvalue weighted by atomic mass is 16.5. The van der Waals surface area contributed by atoms with Gasteiger partial charge in [-0.25, -0.2) is 9.48 Å². The smallest absolute Gasteiger partial charge is 0.331 e. The van der Waals surface area contributed by atoms with Crippen molar-refractivity contribution in [2.45, 2.75) is 40.7 Å². The largest absolute Gasteiger partial charge is 0.454 e. The lowest BCUT2D eigenvalue weighted by Gasteiger charge is -2.11. The van der Waals surface area contributed by atoms with Crippen LogP contribution >= 0.6 is 0 Å². The van der Waals surface area contributed by atoms with Gasteiger partial charge in [0.25, 0.3) is 0 Å².